The number of hydrogen-bond acceptors (Lipinski definition) is 7. The number of fused-ring (bicyclic) bond motifs is 1. The third kappa shape index (κ3) is 4.18. The van der Waals surface area contributed by atoms with Gasteiger partial charge in [0.2, 0.25) is 0 Å². The molecule has 168 valence electrons. The van der Waals surface area contributed by atoms with Crippen molar-refractivity contribution in [2.75, 3.05) is 19.5 Å². The van der Waals surface area contributed by atoms with Gasteiger partial charge in [0.25, 0.3) is 5.91 Å². The minimum atomic E-state index is -0.392. The summed E-state index contributed by atoms with van der Waals surface area (Å²) in [6.07, 6.45) is 0. The van der Waals surface area contributed by atoms with Crippen molar-refractivity contribution in [1.29, 1.82) is 0 Å². The molecule has 5 aromatic rings. The summed E-state index contributed by atoms with van der Waals surface area (Å²) < 4.78 is 10.7. The van der Waals surface area contributed by atoms with Crippen molar-refractivity contribution in [2.45, 2.75) is 0 Å². The van der Waals surface area contributed by atoms with Gasteiger partial charge in [-0.25, -0.2) is 4.98 Å². The van der Waals surface area contributed by atoms with E-state index < -0.39 is 5.91 Å². The highest BCUT2D eigenvalue weighted by Crippen LogP contribution is 2.39. The summed E-state index contributed by atoms with van der Waals surface area (Å²) in [6.45, 7) is 0. The molecule has 2 aromatic heterocycles. The molecule has 0 saturated heterocycles. The van der Waals surface area contributed by atoms with Gasteiger partial charge in [-0.3, -0.25) is 10.1 Å². The van der Waals surface area contributed by atoms with Crippen LogP contribution >= 0.6 is 11.3 Å². The maximum atomic E-state index is 13.0. The average molecular weight is 469 g/mol. The molecule has 34 heavy (non-hydrogen) atoms. The number of amides is 1. The zero-order valence-electron chi connectivity index (χ0n) is 18.5. The fourth-order valence-corrected chi connectivity index (χ4v) is 4.58. The van der Waals surface area contributed by atoms with Crippen LogP contribution in [0.5, 0.6) is 11.5 Å². The predicted molar refractivity (Wildman–Crippen MR) is 134 cm³/mol. The van der Waals surface area contributed by atoms with Crippen LogP contribution in [0, 0.1) is 0 Å². The number of nitrogens with one attached hydrogen (secondary N) is 1. The van der Waals surface area contributed by atoms with Gasteiger partial charge in [0, 0.05) is 17.0 Å². The summed E-state index contributed by atoms with van der Waals surface area (Å²) in [5.74, 6) is 0.706. The number of carbonyl (C=O) groups is 1. The molecule has 5 rings (SSSR count). The summed E-state index contributed by atoms with van der Waals surface area (Å²) in [6, 6.07) is 25.1. The first kappa shape index (κ1) is 21.5. The Morgan fingerprint density at radius 1 is 0.824 bits per heavy atom. The van der Waals surface area contributed by atoms with E-state index >= 15 is 0 Å². The van der Waals surface area contributed by atoms with E-state index in [-0.39, 0.29) is 5.69 Å². The lowest BCUT2D eigenvalue weighted by Gasteiger charge is -2.09. The number of benzene rings is 3. The summed E-state index contributed by atoms with van der Waals surface area (Å²) in [4.78, 5) is 18.7. The maximum Gasteiger partial charge on any atom is 0.277 e. The number of anilines is 1. The van der Waals surface area contributed by atoms with E-state index in [1.54, 1.807) is 32.4 Å². The fourth-order valence-electron chi connectivity index (χ4n) is 3.59. The molecule has 0 unspecified atom stereocenters. The number of hydrogen-bond donors (Lipinski definition) is 1. The zero-order chi connectivity index (χ0) is 23.5. The molecule has 1 amide bonds. The lowest BCUT2D eigenvalue weighted by atomic mass is 10.1. The largest absolute Gasteiger partial charge is 0.493 e. The van der Waals surface area contributed by atoms with Crippen LogP contribution in [-0.4, -0.2) is 35.3 Å². The van der Waals surface area contributed by atoms with Crippen LogP contribution in [0.2, 0.25) is 0 Å². The second kappa shape index (κ2) is 9.29. The Balaban J connectivity index is 1.49. The van der Waals surface area contributed by atoms with Gasteiger partial charge in [-0.15, -0.1) is 10.2 Å². The topological polar surface area (TPSA) is 86.2 Å². The molecular formula is C26H20N4O3S. The summed E-state index contributed by atoms with van der Waals surface area (Å²) in [7, 11) is 3.11. The smallest absolute Gasteiger partial charge is 0.277 e. The van der Waals surface area contributed by atoms with Crippen molar-refractivity contribution in [3.8, 4) is 33.2 Å². The number of rotatable bonds is 6. The van der Waals surface area contributed by atoms with Crippen molar-refractivity contribution >= 4 is 33.3 Å². The number of methoxy groups -OCH3 is 2. The van der Waals surface area contributed by atoms with Crippen molar-refractivity contribution in [3.05, 3.63) is 84.6 Å². The zero-order valence-corrected chi connectivity index (χ0v) is 19.3. The first-order valence-electron chi connectivity index (χ1n) is 10.5. The Hall–Kier alpha value is -4.30. The van der Waals surface area contributed by atoms with Gasteiger partial charge >= 0.3 is 0 Å². The Morgan fingerprint density at radius 2 is 1.47 bits per heavy atom. The molecule has 0 radical (unpaired) electrons. The lowest BCUT2D eigenvalue weighted by Crippen LogP contribution is -2.14. The van der Waals surface area contributed by atoms with Crippen molar-refractivity contribution in [2.24, 2.45) is 0 Å². The molecule has 0 aliphatic carbocycles. The van der Waals surface area contributed by atoms with Crippen LogP contribution < -0.4 is 14.8 Å². The summed E-state index contributed by atoms with van der Waals surface area (Å²) in [5, 5.41) is 12.4. The highest BCUT2D eigenvalue weighted by Gasteiger charge is 2.18. The van der Waals surface area contributed by atoms with Crippen LogP contribution in [0.15, 0.2) is 78.9 Å². The molecule has 1 N–H and O–H groups in total. The minimum absolute atomic E-state index is 0.178. The summed E-state index contributed by atoms with van der Waals surface area (Å²) in [5.41, 5.74) is 3.60. The summed E-state index contributed by atoms with van der Waals surface area (Å²) >= 11 is 1.42. The second-order valence-corrected chi connectivity index (χ2v) is 8.38. The third-order valence-corrected chi connectivity index (χ3v) is 6.27. The van der Waals surface area contributed by atoms with E-state index in [0.29, 0.717) is 27.5 Å². The molecule has 7 nitrogen and oxygen atoms in total. The molecule has 0 aliphatic heterocycles. The molecule has 8 heteroatoms. The van der Waals surface area contributed by atoms with Crippen LogP contribution in [0.1, 0.15) is 10.5 Å². The SMILES string of the molecule is COc1cc2cc(C(=O)Nc3nc(-c4ccccc4)c(-c4ccccc4)s3)nnc2cc1OC. The molecule has 0 saturated carbocycles. The van der Waals surface area contributed by atoms with Gasteiger partial charge in [-0.05, 0) is 17.7 Å². The molecule has 2 heterocycles. The third-order valence-electron chi connectivity index (χ3n) is 5.25. The Labute approximate surface area is 200 Å². The van der Waals surface area contributed by atoms with Crippen LogP contribution in [0.3, 0.4) is 0 Å². The van der Waals surface area contributed by atoms with E-state index in [1.165, 1.54) is 11.3 Å². The quantitative estimate of drug-likeness (QED) is 0.345. The van der Waals surface area contributed by atoms with Gasteiger partial charge in [0.15, 0.2) is 22.3 Å². The molecule has 0 aliphatic rings. The normalized spacial score (nSPS) is 10.8. The van der Waals surface area contributed by atoms with Gasteiger partial charge in [0.1, 0.15) is 0 Å². The average Bonchev–Trinajstić information content (AvgIpc) is 3.32. The fraction of sp³-hybridized carbons (Fsp3) is 0.0769. The predicted octanol–water partition coefficient (Wildman–Crippen LogP) is 5.69. The first-order valence-corrected chi connectivity index (χ1v) is 11.3. The number of ether oxygens (including phenoxy) is 2. The maximum absolute atomic E-state index is 13.0. The van der Waals surface area contributed by atoms with Gasteiger partial charge in [0.05, 0.1) is 30.3 Å². The van der Waals surface area contributed by atoms with Crippen LogP contribution in [0.25, 0.3) is 32.6 Å². The molecule has 0 atom stereocenters. The van der Waals surface area contributed by atoms with Crippen molar-refractivity contribution in [1.82, 2.24) is 15.2 Å². The highest BCUT2D eigenvalue weighted by atomic mass is 32.1. The Morgan fingerprint density at radius 3 is 2.15 bits per heavy atom. The van der Waals surface area contributed by atoms with Crippen molar-refractivity contribution < 1.29 is 14.3 Å². The molecule has 0 bridgehead atoms. The van der Waals surface area contributed by atoms with Crippen LogP contribution in [-0.2, 0) is 0 Å². The van der Waals surface area contributed by atoms with E-state index in [9.17, 15) is 4.79 Å². The van der Waals surface area contributed by atoms with Gasteiger partial charge < -0.3 is 9.47 Å². The van der Waals surface area contributed by atoms with Crippen LogP contribution in [0.4, 0.5) is 5.13 Å². The number of carbonyl (C=O) groups excluding carboxylic acids is 1. The lowest BCUT2D eigenvalue weighted by molar-refractivity contribution is 0.102. The standard InChI is InChI=1S/C26H20N4O3S/c1-32-21-14-18-13-20(30-29-19(18)15-22(21)33-2)25(31)28-26-27-23(16-9-5-3-6-10-16)24(34-26)17-11-7-4-8-12-17/h3-15H,1-2H3,(H,27,28,31). The molecule has 0 spiro atoms. The van der Waals surface area contributed by atoms with Crippen molar-refractivity contribution in [3.63, 3.8) is 0 Å². The molecule has 3 aromatic carbocycles. The second-order valence-electron chi connectivity index (χ2n) is 7.38. The van der Waals surface area contributed by atoms with E-state index in [2.05, 4.69) is 15.5 Å². The van der Waals surface area contributed by atoms with E-state index in [4.69, 9.17) is 14.5 Å². The van der Waals surface area contributed by atoms with E-state index in [1.807, 2.05) is 60.7 Å². The highest BCUT2D eigenvalue weighted by molar-refractivity contribution is 7.19. The number of thiazole rings is 1. The monoisotopic (exact) mass is 468 g/mol. The van der Waals surface area contributed by atoms with E-state index in [0.717, 1.165) is 21.7 Å². The van der Waals surface area contributed by atoms with Gasteiger partial charge in [-0.2, -0.15) is 0 Å². The number of nitrogens with zero attached hydrogens (tertiary/aromatic N) is 3. The Bertz CT molecular complexity index is 1410. The molecular weight excluding hydrogens is 448 g/mol. The number of aromatic nitrogens is 3. The van der Waals surface area contributed by atoms with Gasteiger partial charge in [-0.1, -0.05) is 72.0 Å². The first-order chi connectivity index (χ1) is 16.7. The Kier molecular flexibility index (Phi) is 5.88. The molecule has 0 fully saturated rings. The minimum Gasteiger partial charge on any atom is -0.493 e.